The van der Waals surface area contributed by atoms with Gasteiger partial charge in [0.1, 0.15) is 11.7 Å². The van der Waals surface area contributed by atoms with Gasteiger partial charge >= 0.3 is 0 Å². The Balaban J connectivity index is 0.00000245. The summed E-state index contributed by atoms with van der Waals surface area (Å²) in [4.78, 5) is 13.0. The lowest BCUT2D eigenvalue weighted by Gasteiger charge is -2.31. The SMILES string of the molecule is Br.N=C(N)c1ccccc1C(N)C1CCCc2c(Cc3nc4ccccc4[nH]3)ccnc21. The van der Waals surface area contributed by atoms with Gasteiger partial charge in [0, 0.05) is 35.8 Å². The summed E-state index contributed by atoms with van der Waals surface area (Å²) in [5, 5.41) is 7.93. The summed E-state index contributed by atoms with van der Waals surface area (Å²) in [5.41, 5.74) is 19.9. The number of hydrogen-bond donors (Lipinski definition) is 4. The van der Waals surface area contributed by atoms with Crippen molar-refractivity contribution in [1.29, 1.82) is 5.41 Å². The van der Waals surface area contributed by atoms with E-state index in [4.69, 9.17) is 26.8 Å². The van der Waals surface area contributed by atoms with E-state index in [1.807, 2.05) is 48.7 Å². The normalized spacial score (nSPS) is 16.2. The number of hydrogen-bond acceptors (Lipinski definition) is 4. The molecule has 0 fully saturated rings. The Morgan fingerprint density at radius 1 is 1.12 bits per heavy atom. The summed E-state index contributed by atoms with van der Waals surface area (Å²) in [5.74, 6) is 1.11. The molecule has 2 atom stereocenters. The summed E-state index contributed by atoms with van der Waals surface area (Å²) in [7, 11) is 0. The number of nitrogens with zero attached hydrogens (tertiary/aromatic N) is 2. The van der Waals surface area contributed by atoms with Crippen molar-refractivity contribution in [2.45, 2.75) is 37.6 Å². The third-order valence-electron chi connectivity index (χ3n) is 6.32. The fraction of sp³-hybridized carbons (Fsp3) is 0.240. The molecule has 0 bridgehead atoms. The minimum atomic E-state index is -0.256. The highest BCUT2D eigenvalue weighted by atomic mass is 79.9. The van der Waals surface area contributed by atoms with Crippen LogP contribution in [-0.2, 0) is 12.8 Å². The van der Waals surface area contributed by atoms with Gasteiger partial charge in [-0.15, -0.1) is 17.0 Å². The summed E-state index contributed by atoms with van der Waals surface area (Å²) in [6.07, 6.45) is 5.66. The topological polar surface area (TPSA) is 117 Å². The number of fused-ring (bicyclic) bond motifs is 2. The molecule has 0 amide bonds. The lowest BCUT2D eigenvalue weighted by atomic mass is 9.77. The predicted molar refractivity (Wildman–Crippen MR) is 134 cm³/mol. The van der Waals surface area contributed by atoms with E-state index in [1.54, 1.807) is 0 Å². The summed E-state index contributed by atoms with van der Waals surface area (Å²) in [6, 6.07) is 17.6. The lowest BCUT2D eigenvalue weighted by Crippen LogP contribution is -2.28. The highest BCUT2D eigenvalue weighted by Crippen LogP contribution is 2.40. The van der Waals surface area contributed by atoms with Gasteiger partial charge in [-0.2, -0.15) is 0 Å². The van der Waals surface area contributed by atoms with E-state index in [9.17, 15) is 0 Å². The van der Waals surface area contributed by atoms with Crippen LogP contribution in [-0.4, -0.2) is 20.8 Å². The molecule has 164 valence electrons. The molecule has 1 aliphatic rings. The molecule has 2 heterocycles. The van der Waals surface area contributed by atoms with Crippen molar-refractivity contribution in [1.82, 2.24) is 15.0 Å². The van der Waals surface area contributed by atoms with Crippen molar-refractivity contribution in [3.63, 3.8) is 0 Å². The zero-order chi connectivity index (χ0) is 21.4. The van der Waals surface area contributed by atoms with Crippen LogP contribution in [0.4, 0.5) is 0 Å². The van der Waals surface area contributed by atoms with Crippen molar-refractivity contribution >= 4 is 33.9 Å². The number of nitrogens with one attached hydrogen (secondary N) is 2. The zero-order valence-electron chi connectivity index (χ0n) is 17.7. The van der Waals surface area contributed by atoms with Crippen LogP contribution in [0.15, 0.2) is 60.8 Å². The number of aromatic nitrogens is 3. The number of para-hydroxylation sites is 2. The Bertz CT molecular complexity index is 1230. The van der Waals surface area contributed by atoms with Crippen molar-refractivity contribution in [3.05, 3.63) is 94.6 Å². The van der Waals surface area contributed by atoms with E-state index in [2.05, 4.69) is 17.1 Å². The molecule has 7 heteroatoms. The fourth-order valence-electron chi connectivity index (χ4n) is 4.83. The Kier molecular flexibility index (Phi) is 6.39. The molecule has 4 aromatic rings. The molecule has 32 heavy (non-hydrogen) atoms. The Hall–Kier alpha value is -3.03. The fourth-order valence-corrected chi connectivity index (χ4v) is 4.83. The first-order chi connectivity index (χ1) is 15.1. The second-order valence-electron chi connectivity index (χ2n) is 8.24. The van der Waals surface area contributed by atoms with Crippen molar-refractivity contribution < 1.29 is 0 Å². The number of rotatable bonds is 5. The Morgan fingerprint density at radius 2 is 1.91 bits per heavy atom. The minimum absolute atomic E-state index is 0. The van der Waals surface area contributed by atoms with Gasteiger partial charge in [0.05, 0.1) is 11.0 Å². The number of amidine groups is 1. The van der Waals surface area contributed by atoms with E-state index in [0.717, 1.165) is 53.8 Å². The van der Waals surface area contributed by atoms with Crippen LogP contribution in [0.5, 0.6) is 0 Å². The standard InChI is InChI=1S/C25H26N6.BrH/c26-23(17-6-1-2-7-18(17)25(27)28)19-9-5-8-16-15(12-13-29-24(16)19)14-22-30-20-10-3-4-11-21(20)31-22;/h1-4,6-7,10-13,19,23H,5,8-9,14,26H2,(H3,27,28)(H,30,31);1H. The first-order valence-corrected chi connectivity index (χ1v) is 10.7. The molecule has 0 spiro atoms. The molecule has 0 aliphatic heterocycles. The number of halogens is 1. The molecule has 6 nitrogen and oxygen atoms in total. The Labute approximate surface area is 197 Å². The van der Waals surface area contributed by atoms with Crippen LogP contribution in [0.25, 0.3) is 11.0 Å². The molecule has 0 saturated heterocycles. The molecule has 5 rings (SSSR count). The zero-order valence-corrected chi connectivity index (χ0v) is 19.4. The maximum atomic E-state index is 7.93. The van der Waals surface area contributed by atoms with Gasteiger partial charge in [0.25, 0.3) is 0 Å². The van der Waals surface area contributed by atoms with Gasteiger partial charge in [-0.25, -0.2) is 4.98 Å². The van der Waals surface area contributed by atoms with E-state index in [1.165, 1.54) is 11.1 Å². The van der Waals surface area contributed by atoms with Gasteiger partial charge in [-0.3, -0.25) is 10.4 Å². The molecule has 2 unspecified atom stereocenters. The average Bonchev–Trinajstić information content (AvgIpc) is 3.21. The van der Waals surface area contributed by atoms with Crippen LogP contribution >= 0.6 is 17.0 Å². The van der Waals surface area contributed by atoms with Crippen LogP contribution in [0.3, 0.4) is 0 Å². The van der Waals surface area contributed by atoms with E-state index >= 15 is 0 Å². The molecular formula is C25H27BrN6. The minimum Gasteiger partial charge on any atom is -0.384 e. The molecule has 0 radical (unpaired) electrons. The van der Waals surface area contributed by atoms with E-state index in [-0.39, 0.29) is 34.8 Å². The first kappa shape index (κ1) is 22.2. The van der Waals surface area contributed by atoms with Gasteiger partial charge in [-0.05, 0) is 54.2 Å². The van der Waals surface area contributed by atoms with Crippen LogP contribution in [0.2, 0.25) is 0 Å². The quantitative estimate of drug-likeness (QED) is 0.242. The van der Waals surface area contributed by atoms with E-state index in [0.29, 0.717) is 5.56 Å². The highest BCUT2D eigenvalue weighted by Gasteiger charge is 2.30. The van der Waals surface area contributed by atoms with Crippen LogP contribution < -0.4 is 11.5 Å². The van der Waals surface area contributed by atoms with Crippen LogP contribution in [0.1, 0.15) is 58.6 Å². The number of benzene rings is 2. The summed E-state index contributed by atoms with van der Waals surface area (Å²) >= 11 is 0. The molecule has 0 saturated carbocycles. The lowest BCUT2D eigenvalue weighted by molar-refractivity contribution is 0.461. The molecule has 6 N–H and O–H groups in total. The summed E-state index contributed by atoms with van der Waals surface area (Å²) in [6.45, 7) is 0. The van der Waals surface area contributed by atoms with Gasteiger partial charge < -0.3 is 16.5 Å². The number of imidazole rings is 1. The number of pyridine rings is 1. The second kappa shape index (κ2) is 9.22. The van der Waals surface area contributed by atoms with Crippen molar-refractivity contribution in [3.8, 4) is 0 Å². The smallest absolute Gasteiger partial charge is 0.123 e. The highest BCUT2D eigenvalue weighted by molar-refractivity contribution is 8.93. The summed E-state index contributed by atoms with van der Waals surface area (Å²) < 4.78 is 0. The number of H-pyrrole nitrogens is 1. The molecule has 2 aromatic heterocycles. The Morgan fingerprint density at radius 3 is 2.72 bits per heavy atom. The monoisotopic (exact) mass is 490 g/mol. The number of nitrogens with two attached hydrogens (primary N) is 2. The second-order valence-corrected chi connectivity index (χ2v) is 8.24. The number of aromatic amines is 1. The van der Waals surface area contributed by atoms with Gasteiger partial charge in [-0.1, -0.05) is 36.4 Å². The average molecular weight is 491 g/mol. The first-order valence-electron chi connectivity index (χ1n) is 10.7. The van der Waals surface area contributed by atoms with Crippen molar-refractivity contribution in [2.24, 2.45) is 11.5 Å². The van der Waals surface area contributed by atoms with E-state index < -0.39 is 0 Å². The number of nitrogen functional groups attached to an aromatic ring is 1. The third-order valence-corrected chi connectivity index (χ3v) is 6.32. The molecule has 2 aromatic carbocycles. The molecule has 1 aliphatic carbocycles. The van der Waals surface area contributed by atoms with Crippen molar-refractivity contribution in [2.75, 3.05) is 0 Å². The van der Waals surface area contributed by atoms with Gasteiger partial charge in [0.2, 0.25) is 0 Å². The van der Waals surface area contributed by atoms with Gasteiger partial charge in [0.15, 0.2) is 0 Å². The largest absolute Gasteiger partial charge is 0.384 e. The third kappa shape index (κ3) is 4.06. The molecular weight excluding hydrogens is 464 g/mol. The predicted octanol–water partition coefficient (Wildman–Crippen LogP) is 4.53. The maximum absolute atomic E-state index is 7.93. The maximum Gasteiger partial charge on any atom is 0.123 e. The van der Waals surface area contributed by atoms with Crippen LogP contribution in [0, 0.1) is 5.41 Å².